The number of likely N-dealkylation sites (tertiary alicyclic amines) is 1. The molecule has 0 unspecified atom stereocenters. The summed E-state index contributed by atoms with van der Waals surface area (Å²) in [6.45, 7) is 14.6. The lowest BCUT2D eigenvalue weighted by Crippen LogP contribution is -2.48. The molecule has 0 atom stereocenters. The van der Waals surface area contributed by atoms with Crippen LogP contribution in [0.25, 0.3) is 0 Å². The summed E-state index contributed by atoms with van der Waals surface area (Å²) in [6.07, 6.45) is 1.98. The Morgan fingerprint density at radius 3 is 2.27 bits per heavy atom. The molecule has 0 saturated carbocycles. The van der Waals surface area contributed by atoms with Crippen LogP contribution in [0.2, 0.25) is 0 Å². The molecule has 1 amide bonds. The van der Waals surface area contributed by atoms with Crippen molar-refractivity contribution in [3.8, 4) is 5.75 Å². The Kier molecular flexibility index (Phi) is 10.4. The highest BCUT2D eigenvalue weighted by Gasteiger charge is 2.35. The van der Waals surface area contributed by atoms with Crippen LogP contribution in [0.4, 0.5) is 0 Å². The van der Waals surface area contributed by atoms with Crippen molar-refractivity contribution < 1.29 is 27.4 Å². The number of aryl methyl sites for hydroxylation is 2. The third-order valence-corrected chi connectivity index (χ3v) is 9.96. The number of rotatable bonds is 11. The first kappa shape index (κ1) is 29.8. The highest BCUT2D eigenvalue weighted by molar-refractivity contribution is 7.89. The van der Waals surface area contributed by atoms with Crippen LogP contribution in [0, 0.1) is 25.2 Å². The van der Waals surface area contributed by atoms with Gasteiger partial charge >= 0.3 is 0 Å². The van der Waals surface area contributed by atoms with E-state index >= 15 is 0 Å². The maximum Gasteiger partial charge on any atom is 0.248 e. The summed E-state index contributed by atoms with van der Waals surface area (Å²) in [5, 5.41) is 0. The molecule has 0 radical (unpaired) electrons. The van der Waals surface area contributed by atoms with Crippen molar-refractivity contribution in [3.63, 3.8) is 0 Å². The zero-order chi connectivity index (χ0) is 27.2. The van der Waals surface area contributed by atoms with Gasteiger partial charge in [-0.25, -0.2) is 8.42 Å². The maximum absolute atomic E-state index is 13.1. The van der Waals surface area contributed by atoms with Gasteiger partial charge in [0.2, 0.25) is 15.9 Å². The summed E-state index contributed by atoms with van der Waals surface area (Å²) in [5.74, 6) is 1.17. The van der Waals surface area contributed by atoms with Crippen molar-refractivity contribution in [2.45, 2.75) is 45.4 Å². The van der Waals surface area contributed by atoms with Gasteiger partial charge in [0.05, 0.1) is 31.8 Å². The number of carbonyl (C=O) groups is 1. The zero-order valence-electron chi connectivity index (χ0n) is 23.4. The molecular weight excluding hydrogens is 494 g/mol. The predicted octanol–water partition coefficient (Wildman–Crippen LogP) is 2.55. The monoisotopic (exact) mass is 539 g/mol. The van der Waals surface area contributed by atoms with Crippen LogP contribution in [-0.4, -0.2) is 108 Å². The van der Waals surface area contributed by atoms with Gasteiger partial charge in [-0.05, 0) is 61.3 Å². The molecule has 2 fully saturated rings. The second-order valence-corrected chi connectivity index (χ2v) is 13.0. The van der Waals surface area contributed by atoms with E-state index in [0.717, 1.165) is 58.8 Å². The molecule has 10 heteroatoms. The molecule has 0 N–H and O–H groups in total. The molecule has 3 rings (SSSR count). The second-order valence-electron chi connectivity index (χ2n) is 11.0. The number of hydrogen-bond acceptors (Lipinski definition) is 7. The van der Waals surface area contributed by atoms with Crippen LogP contribution in [0.5, 0.6) is 5.75 Å². The Morgan fingerprint density at radius 2 is 1.70 bits per heavy atom. The Bertz CT molecular complexity index is 992. The van der Waals surface area contributed by atoms with E-state index in [1.54, 1.807) is 33.1 Å². The lowest BCUT2D eigenvalue weighted by atomic mass is 9.73. The summed E-state index contributed by atoms with van der Waals surface area (Å²) >= 11 is 0. The molecule has 9 nitrogen and oxygen atoms in total. The van der Waals surface area contributed by atoms with Crippen molar-refractivity contribution in [3.05, 3.63) is 23.3 Å². The van der Waals surface area contributed by atoms with Gasteiger partial charge in [0.15, 0.2) is 0 Å². The van der Waals surface area contributed by atoms with E-state index in [-0.39, 0.29) is 36.0 Å². The molecule has 0 aliphatic carbocycles. The van der Waals surface area contributed by atoms with Crippen LogP contribution < -0.4 is 4.74 Å². The Hall–Kier alpha value is -1.72. The van der Waals surface area contributed by atoms with Gasteiger partial charge in [-0.2, -0.15) is 4.31 Å². The van der Waals surface area contributed by atoms with Crippen molar-refractivity contribution in [1.29, 1.82) is 0 Å². The fourth-order valence-electron chi connectivity index (χ4n) is 5.53. The van der Waals surface area contributed by atoms with Gasteiger partial charge in [0.1, 0.15) is 12.4 Å². The highest BCUT2D eigenvalue weighted by atomic mass is 32.2. The molecular formula is C27H45N3O6S. The minimum absolute atomic E-state index is 0.0308. The second kappa shape index (κ2) is 12.9. The lowest BCUT2D eigenvalue weighted by Gasteiger charge is -2.43. The van der Waals surface area contributed by atoms with E-state index in [2.05, 4.69) is 18.7 Å². The van der Waals surface area contributed by atoms with E-state index in [1.165, 1.54) is 11.4 Å². The predicted molar refractivity (Wildman–Crippen MR) is 143 cm³/mol. The molecule has 0 bridgehead atoms. The number of piperidine rings is 1. The molecule has 2 heterocycles. The molecule has 1 aromatic rings. The molecule has 210 valence electrons. The molecule has 2 aliphatic rings. The fourth-order valence-corrected chi connectivity index (χ4v) is 7.09. The number of benzene rings is 1. The van der Waals surface area contributed by atoms with Gasteiger partial charge in [0.25, 0.3) is 0 Å². The molecule has 2 saturated heterocycles. The Balaban J connectivity index is 1.42. The average molecular weight is 540 g/mol. The van der Waals surface area contributed by atoms with Crippen LogP contribution in [0.3, 0.4) is 0 Å². The number of morpholine rings is 1. The highest BCUT2D eigenvalue weighted by Crippen LogP contribution is 2.36. The molecule has 0 aromatic heterocycles. The third kappa shape index (κ3) is 7.66. The number of sulfonamides is 1. The number of likely N-dealkylation sites (N-methyl/N-ethyl adjacent to an activating group) is 1. The summed E-state index contributed by atoms with van der Waals surface area (Å²) in [7, 11) is -0.592. The number of ether oxygens (including phenoxy) is 3. The third-order valence-electron chi connectivity index (χ3n) is 7.80. The van der Waals surface area contributed by atoms with E-state index in [1.807, 2.05) is 4.90 Å². The standard InChI is InChI=1S/C27H45N3O6S/c1-21-17-24(34-6)18-22(2)26(21)37(32,33)28(5)11-14-36-19-25(31)30-9-7-23(8-10-30)27(3,4)20-29-12-15-35-16-13-29/h17-18,23H,7-16,19-20H2,1-6H3. The normalized spacial score (nSPS) is 18.4. The van der Waals surface area contributed by atoms with Crippen molar-refractivity contribution in [2.75, 3.05) is 79.9 Å². The first-order valence-electron chi connectivity index (χ1n) is 13.2. The summed E-state index contributed by atoms with van der Waals surface area (Å²) in [4.78, 5) is 17.4. The van der Waals surface area contributed by atoms with Crippen LogP contribution in [0.15, 0.2) is 17.0 Å². The molecule has 1 aromatic carbocycles. The maximum atomic E-state index is 13.1. The molecule has 37 heavy (non-hydrogen) atoms. The Morgan fingerprint density at radius 1 is 1.11 bits per heavy atom. The van der Waals surface area contributed by atoms with Gasteiger partial charge in [-0.15, -0.1) is 0 Å². The van der Waals surface area contributed by atoms with Crippen molar-refractivity contribution in [1.82, 2.24) is 14.1 Å². The lowest BCUT2D eigenvalue weighted by molar-refractivity contribution is -0.138. The minimum atomic E-state index is -3.69. The van der Waals surface area contributed by atoms with Gasteiger partial charge < -0.3 is 19.1 Å². The average Bonchev–Trinajstić information content (AvgIpc) is 2.86. The number of methoxy groups -OCH3 is 1. The SMILES string of the molecule is COc1cc(C)c(S(=O)(=O)N(C)CCOCC(=O)N2CCC(C(C)(C)CN3CCOCC3)CC2)c(C)c1. The molecule has 0 spiro atoms. The smallest absolute Gasteiger partial charge is 0.248 e. The first-order valence-corrected chi connectivity index (χ1v) is 14.7. The van der Waals surface area contributed by atoms with Gasteiger partial charge in [0, 0.05) is 46.3 Å². The summed E-state index contributed by atoms with van der Waals surface area (Å²) in [5.41, 5.74) is 1.47. The number of nitrogens with zero attached hydrogens (tertiary/aromatic N) is 3. The van der Waals surface area contributed by atoms with Crippen LogP contribution >= 0.6 is 0 Å². The molecule has 2 aliphatic heterocycles. The van der Waals surface area contributed by atoms with Gasteiger partial charge in [-0.1, -0.05) is 13.8 Å². The topological polar surface area (TPSA) is 88.6 Å². The van der Waals surface area contributed by atoms with E-state index in [0.29, 0.717) is 22.8 Å². The fraction of sp³-hybridized carbons (Fsp3) is 0.741. The quantitative estimate of drug-likeness (QED) is 0.399. The summed E-state index contributed by atoms with van der Waals surface area (Å²) < 4.78 is 43.9. The number of carbonyl (C=O) groups excluding carboxylic acids is 1. The largest absolute Gasteiger partial charge is 0.497 e. The van der Waals surface area contributed by atoms with E-state index < -0.39 is 10.0 Å². The van der Waals surface area contributed by atoms with Crippen molar-refractivity contribution >= 4 is 15.9 Å². The van der Waals surface area contributed by atoms with Crippen LogP contribution in [-0.2, 0) is 24.3 Å². The Labute approximate surface area is 223 Å². The number of hydrogen-bond donors (Lipinski definition) is 0. The van der Waals surface area contributed by atoms with E-state index in [9.17, 15) is 13.2 Å². The van der Waals surface area contributed by atoms with Crippen molar-refractivity contribution in [2.24, 2.45) is 11.3 Å². The minimum Gasteiger partial charge on any atom is -0.497 e. The summed E-state index contributed by atoms with van der Waals surface area (Å²) in [6, 6.07) is 3.44. The number of amides is 1. The zero-order valence-corrected chi connectivity index (χ0v) is 24.2. The first-order chi connectivity index (χ1) is 17.5. The van der Waals surface area contributed by atoms with Crippen LogP contribution in [0.1, 0.15) is 37.8 Å². The van der Waals surface area contributed by atoms with E-state index in [4.69, 9.17) is 14.2 Å². The van der Waals surface area contributed by atoms with Gasteiger partial charge in [-0.3, -0.25) is 9.69 Å².